The van der Waals surface area contributed by atoms with Gasteiger partial charge in [0.25, 0.3) is 0 Å². The molecule has 5 heteroatoms. The van der Waals surface area contributed by atoms with Gasteiger partial charge in [0.2, 0.25) is 0 Å². The van der Waals surface area contributed by atoms with Gasteiger partial charge in [-0.05, 0) is 70.3 Å². The Morgan fingerprint density at radius 1 is 1.05 bits per heavy atom. The lowest BCUT2D eigenvalue weighted by Gasteiger charge is -2.10. The zero-order valence-electron chi connectivity index (χ0n) is 11.3. The average molecular weight is 395 g/mol. The van der Waals surface area contributed by atoms with E-state index in [0.29, 0.717) is 6.61 Å². The standard InChI is InChI=1S/C14H21Br2NO2/c1-2-18-10-4-3-8-17-9-11-19-14-12(15)6-5-7-13(14)16/h5-7,17H,2-4,8-11H2,1H3. The first kappa shape index (κ1) is 17.0. The van der Waals surface area contributed by atoms with Crippen molar-refractivity contribution in [2.75, 3.05) is 32.9 Å². The minimum atomic E-state index is 0.659. The molecule has 0 saturated heterocycles. The smallest absolute Gasteiger partial charge is 0.147 e. The van der Waals surface area contributed by atoms with Crippen LogP contribution in [-0.4, -0.2) is 32.9 Å². The van der Waals surface area contributed by atoms with Gasteiger partial charge in [-0.1, -0.05) is 6.07 Å². The SMILES string of the molecule is CCOCCCCNCCOc1c(Br)cccc1Br. The van der Waals surface area contributed by atoms with Crippen molar-refractivity contribution in [2.24, 2.45) is 0 Å². The van der Waals surface area contributed by atoms with Crippen LogP contribution in [0.15, 0.2) is 27.1 Å². The Morgan fingerprint density at radius 2 is 1.79 bits per heavy atom. The number of nitrogens with one attached hydrogen (secondary N) is 1. The molecule has 19 heavy (non-hydrogen) atoms. The van der Waals surface area contributed by atoms with Gasteiger partial charge in [-0.2, -0.15) is 0 Å². The van der Waals surface area contributed by atoms with Crippen LogP contribution >= 0.6 is 31.9 Å². The fourth-order valence-corrected chi connectivity index (χ4v) is 2.80. The number of ether oxygens (including phenoxy) is 2. The van der Waals surface area contributed by atoms with Crippen LogP contribution in [0.5, 0.6) is 5.75 Å². The molecule has 1 N–H and O–H groups in total. The molecule has 0 heterocycles. The number of rotatable bonds is 10. The van der Waals surface area contributed by atoms with Crippen LogP contribution in [-0.2, 0) is 4.74 Å². The number of benzene rings is 1. The maximum Gasteiger partial charge on any atom is 0.147 e. The first-order chi connectivity index (χ1) is 9.25. The van der Waals surface area contributed by atoms with Gasteiger partial charge in [0.05, 0.1) is 8.95 Å². The van der Waals surface area contributed by atoms with Crippen LogP contribution in [0, 0.1) is 0 Å². The first-order valence-electron chi connectivity index (χ1n) is 6.61. The van der Waals surface area contributed by atoms with Gasteiger partial charge >= 0.3 is 0 Å². The summed E-state index contributed by atoms with van der Waals surface area (Å²) in [6.07, 6.45) is 2.25. The first-order valence-corrected chi connectivity index (χ1v) is 8.19. The fourth-order valence-electron chi connectivity index (χ4n) is 1.57. The van der Waals surface area contributed by atoms with E-state index in [4.69, 9.17) is 9.47 Å². The minimum absolute atomic E-state index is 0.659. The predicted octanol–water partition coefficient (Wildman–Crippen LogP) is 4.00. The van der Waals surface area contributed by atoms with Crippen LogP contribution in [0.1, 0.15) is 19.8 Å². The van der Waals surface area contributed by atoms with Crippen molar-refractivity contribution in [1.29, 1.82) is 0 Å². The van der Waals surface area contributed by atoms with Gasteiger partial charge in [-0.25, -0.2) is 0 Å². The summed E-state index contributed by atoms with van der Waals surface area (Å²) in [5, 5.41) is 3.36. The number of hydrogen-bond acceptors (Lipinski definition) is 3. The third-order valence-corrected chi connectivity index (χ3v) is 3.79. The summed E-state index contributed by atoms with van der Waals surface area (Å²) in [6, 6.07) is 5.92. The second-order valence-electron chi connectivity index (χ2n) is 4.05. The molecular weight excluding hydrogens is 374 g/mol. The van der Waals surface area contributed by atoms with E-state index < -0.39 is 0 Å². The van der Waals surface area contributed by atoms with Crippen molar-refractivity contribution < 1.29 is 9.47 Å². The second kappa shape index (κ2) is 10.7. The van der Waals surface area contributed by atoms with Gasteiger partial charge in [0, 0.05) is 19.8 Å². The lowest BCUT2D eigenvalue weighted by molar-refractivity contribution is 0.143. The highest BCUT2D eigenvalue weighted by molar-refractivity contribution is 9.11. The molecule has 0 radical (unpaired) electrons. The van der Waals surface area contributed by atoms with Crippen LogP contribution in [0.2, 0.25) is 0 Å². The highest BCUT2D eigenvalue weighted by Gasteiger charge is 2.04. The van der Waals surface area contributed by atoms with Crippen molar-refractivity contribution in [3.05, 3.63) is 27.1 Å². The molecule has 0 atom stereocenters. The maximum absolute atomic E-state index is 5.73. The van der Waals surface area contributed by atoms with Gasteiger partial charge in [0.15, 0.2) is 0 Å². The van der Waals surface area contributed by atoms with Gasteiger partial charge in [0.1, 0.15) is 12.4 Å². The Kier molecular flexibility index (Phi) is 9.51. The number of unbranched alkanes of at least 4 members (excludes halogenated alkanes) is 1. The van der Waals surface area contributed by atoms with Crippen LogP contribution in [0.4, 0.5) is 0 Å². The molecule has 1 aromatic carbocycles. The van der Waals surface area contributed by atoms with E-state index in [9.17, 15) is 0 Å². The van der Waals surface area contributed by atoms with Gasteiger partial charge < -0.3 is 14.8 Å². The monoisotopic (exact) mass is 393 g/mol. The van der Waals surface area contributed by atoms with E-state index in [0.717, 1.165) is 53.8 Å². The molecule has 0 aliphatic heterocycles. The molecule has 1 aromatic rings. The lowest BCUT2D eigenvalue weighted by atomic mass is 10.3. The lowest BCUT2D eigenvalue weighted by Crippen LogP contribution is -2.22. The number of hydrogen-bond donors (Lipinski definition) is 1. The zero-order chi connectivity index (χ0) is 13.9. The summed E-state index contributed by atoms with van der Waals surface area (Å²) in [5.74, 6) is 0.862. The summed E-state index contributed by atoms with van der Waals surface area (Å²) >= 11 is 6.95. The molecule has 0 amide bonds. The molecule has 0 aliphatic rings. The summed E-state index contributed by atoms with van der Waals surface area (Å²) < 4.78 is 13.0. The molecule has 0 aromatic heterocycles. The van der Waals surface area contributed by atoms with E-state index in [1.165, 1.54) is 0 Å². The largest absolute Gasteiger partial charge is 0.490 e. The summed E-state index contributed by atoms with van der Waals surface area (Å²) in [7, 11) is 0. The fraction of sp³-hybridized carbons (Fsp3) is 0.571. The van der Waals surface area contributed by atoms with Crippen molar-refractivity contribution in [2.45, 2.75) is 19.8 Å². The van der Waals surface area contributed by atoms with E-state index in [2.05, 4.69) is 37.2 Å². The zero-order valence-corrected chi connectivity index (χ0v) is 14.4. The summed E-state index contributed by atoms with van der Waals surface area (Å²) in [5.41, 5.74) is 0. The Morgan fingerprint density at radius 3 is 2.47 bits per heavy atom. The second-order valence-corrected chi connectivity index (χ2v) is 5.76. The molecule has 0 saturated carbocycles. The van der Waals surface area contributed by atoms with Crippen molar-refractivity contribution in [1.82, 2.24) is 5.32 Å². The van der Waals surface area contributed by atoms with Crippen molar-refractivity contribution >= 4 is 31.9 Å². The predicted molar refractivity (Wildman–Crippen MR) is 85.9 cm³/mol. The third kappa shape index (κ3) is 7.30. The van der Waals surface area contributed by atoms with Crippen molar-refractivity contribution in [3.8, 4) is 5.75 Å². The Bertz CT molecular complexity index is 341. The highest BCUT2D eigenvalue weighted by Crippen LogP contribution is 2.32. The normalized spacial score (nSPS) is 10.7. The minimum Gasteiger partial charge on any atom is -0.490 e. The Hall–Kier alpha value is -0.100. The topological polar surface area (TPSA) is 30.5 Å². The highest BCUT2D eigenvalue weighted by atomic mass is 79.9. The van der Waals surface area contributed by atoms with Crippen LogP contribution in [0.3, 0.4) is 0 Å². The molecule has 108 valence electrons. The van der Waals surface area contributed by atoms with Crippen LogP contribution < -0.4 is 10.1 Å². The summed E-state index contributed by atoms with van der Waals surface area (Å²) in [4.78, 5) is 0. The van der Waals surface area contributed by atoms with E-state index >= 15 is 0 Å². The molecule has 1 rings (SSSR count). The maximum atomic E-state index is 5.73. The molecule has 0 aliphatic carbocycles. The van der Waals surface area contributed by atoms with E-state index in [-0.39, 0.29) is 0 Å². The quantitative estimate of drug-likeness (QED) is 0.608. The van der Waals surface area contributed by atoms with Gasteiger partial charge in [-0.3, -0.25) is 0 Å². The van der Waals surface area contributed by atoms with Crippen LogP contribution in [0.25, 0.3) is 0 Å². The molecule has 3 nitrogen and oxygen atoms in total. The molecular formula is C14H21Br2NO2. The van der Waals surface area contributed by atoms with E-state index in [1.807, 2.05) is 25.1 Å². The molecule has 0 bridgehead atoms. The Labute approximate surface area is 132 Å². The summed E-state index contributed by atoms with van der Waals surface area (Å²) in [6.45, 7) is 6.21. The number of halogens is 2. The molecule has 0 fully saturated rings. The number of para-hydroxylation sites is 1. The molecule has 0 unspecified atom stereocenters. The average Bonchev–Trinajstić information content (AvgIpc) is 2.40. The van der Waals surface area contributed by atoms with Gasteiger partial charge in [-0.15, -0.1) is 0 Å². The van der Waals surface area contributed by atoms with E-state index in [1.54, 1.807) is 0 Å². The molecule has 0 spiro atoms. The Balaban J connectivity index is 2.05. The third-order valence-electron chi connectivity index (χ3n) is 2.54. The van der Waals surface area contributed by atoms with Crippen molar-refractivity contribution in [3.63, 3.8) is 0 Å².